The molecular weight excluding hydrogens is 440 g/mol. The summed E-state index contributed by atoms with van der Waals surface area (Å²) in [5.41, 5.74) is -8.04. The van der Waals surface area contributed by atoms with E-state index in [2.05, 4.69) is 6.58 Å². The van der Waals surface area contributed by atoms with Gasteiger partial charge in [0, 0.05) is 5.56 Å². The minimum Gasteiger partial charge on any atom is -0.294 e. The first-order valence-electron chi connectivity index (χ1n) is 9.08. The number of Topliss-reactive ketones (excluding diaryl/α,β-unsaturated/α-hetero) is 1. The van der Waals surface area contributed by atoms with Crippen molar-refractivity contribution in [3.05, 3.63) is 76.4 Å². The van der Waals surface area contributed by atoms with Crippen molar-refractivity contribution in [1.29, 1.82) is 0 Å². The summed E-state index contributed by atoms with van der Waals surface area (Å²) in [5, 5.41) is 1.83. The predicted octanol–water partition coefficient (Wildman–Crippen LogP) is 5.22. The molecule has 1 N–H and O–H groups in total. The highest BCUT2D eigenvalue weighted by atomic mass is 19.4. The molecule has 0 aromatic heterocycles. The van der Waals surface area contributed by atoms with E-state index in [0.29, 0.717) is 24.3 Å². The Morgan fingerprint density at radius 1 is 0.781 bits per heavy atom. The maximum atomic E-state index is 14.4. The zero-order chi connectivity index (χ0) is 24.2. The van der Waals surface area contributed by atoms with Gasteiger partial charge in [-0.15, -0.1) is 0 Å². The Hall–Kier alpha value is -3.43. The lowest BCUT2D eigenvalue weighted by molar-refractivity contribution is -0.288. The summed E-state index contributed by atoms with van der Waals surface area (Å²) in [4.78, 5) is 35.6. The van der Waals surface area contributed by atoms with Gasteiger partial charge >= 0.3 is 12.4 Å². The summed E-state index contributed by atoms with van der Waals surface area (Å²) >= 11 is 0. The Balaban J connectivity index is 2.45. The Morgan fingerprint density at radius 3 is 1.78 bits per heavy atom. The SMILES string of the molecule is C=C(C)c1ccc(C(c2ccc3c(c2)C(=O)NC3=O)(C(F)(F)F)C(F)(F)F)cc1C(C)=O. The predicted molar refractivity (Wildman–Crippen MR) is 102 cm³/mol. The van der Waals surface area contributed by atoms with Crippen molar-refractivity contribution in [1.82, 2.24) is 5.32 Å². The smallest absolute Gasteiger partial charge is 0.294 e. The number of carbonyl (C=O) groups is 3. The largest absolute Gasteiger partial charge is 0.411 e. The quantitative estimate of drug-likeness (QED) is 0.391. The second kappa shape index (κ2) is 7.32. The fourth-order valence-electron chi connectivity index (χ4n) is 3.82. The monoisotopic (exact) mass is 455 g/mol. The first-order chi connectivity index (χ1) is 14.6. The number of allylic oxidation sites excluding steroid dienone is 1. The number of amides is 2. The highest BCUT2D eigenvalue weighted by Gasteiger charge is 2.72. The van der Waals surface area contributed by atoms with Crippen LogP contribution in [0.25, 0.3) is 5.57 Å². The molecule has 1 heterocycles. The maximum absolute atomic E-state index is 14.4. The lowest BCUT2D eigenvalue weighted by Gasteiger charge is -2.38. The third-order valence-corrected chi connectivity index (χ3v) is 5.31. The van der Waals surface area contributed by atoms with E-state index >= 15 is 0 Å². The van der Waals surface area contributed by atoms with Crippen LogP contribution in [0, 0.1) is 0 Å². The van der Waals surface area contributed by atoms with Crippen LogP contribution in [-0.2, 0) is 5.41 Å². The highest BCUT2D eigenvalue weighted by molar-refractivity contribution is 6.21. The van der Waals surface area contributed by atoms with E-state index in [1.807, 2.05) is 5.32 Å². The molecule has 0 aliphatic carbocycles. The normalized spacial score (nSPS) is 14.2. The zero-order valence-corrected chi connectivity index (χ0v) is 16.7. The van der Waals surface area contributed by atoms with Crippen molar-refractivity contribution in [2.75, 3.05) is 0 Å². The topological polar surface area (TPSA) is 63.2 Å². The summed E-state index contributed by atoms with van der Waals surface area (Å²) in [6, 6.07) is 3.83. The zero-order valence-electron chi connectivity index (χ0n) is 16.7. The number of hydrogen-bond donors (Lipinski definition) is 1. The molecule has 0 bridgehead atoms. The number of benzene rings is 2. The Morgan fingerprint density at radius 2 is 1.28 bits per heavy atom. The van der Waals surface area contributed by atoms with Crippen LogP contribution in [0.2, 0.25) is 0 Å². The molecule has 0 unspecified atom stereocenters. The molecule has 1 aliphatic heterocycles. The maximum Gasteiger partial charge on any atom is 0.411 e. The minimum atomic E-state index is -5.92. The molecule has 0 fully saturated rings. The van der Waals surface area contributed by atoms with Crippen molar-refractivity contribution in [2.24, 2.45) is 0 Å². The molecule has 32 heavy (non-hydrogen) atoms. The number of ketones is 1. The molecule has 2 aromatic rings. The molecule has 10 heteroatoms. The standard InChI is InChI=1S/C22H15F6NO3/c1-10(2)14-6-4-12(8-16(14)11(3)30)20(21(23,24)25,22(26,27)28)13-5-7-15-17(9-13)19(32)29-18(15)31/h4-9H,1H2,2-3H3,(H,29,31,32). The molecule has 2 amide bonds. The van der Waals surface area contributed by atoms with Gasteiger partial charge in [0.25, 0.3) is 11.8 Å². The molecule has 4 nitrogen and oxygen atoms in total. The highest BCUT2D eigenvalue weighted by Crippen LogP contribution is 2.56. The summed E-state index contributed by atoms with van der Waals surface area (Å²) in [5.74, 6) is -2.78. The summed E-state index contributed by atoms with van der Waals surface area (Å²) < 4.78 is 86.2. The summed E-state index contributed by atoms with van der Waals surface area (Å²) in [6.07, 6.45) is -11.8. The number of nitrogens with one attached hydrogen (secondary N) is 1. The van der Waals surface area contributed by atoms with Crippen LogP contribution < -0.4 is 5.32 Å². The molecule has 0 saturated carbocycles. The second-order valence-electron chi connectivity index (χ2n) is 7.39. The Kier molecular flexibility index (Phi) is 5.31. The van der Waals surface area contributed by atoms with Crippen molar-refractivity contribution < 1.29 is 40.7 Å². The van der Waals surface area contributed by atoms with Gasteiger partial charge in [-0.25, -0.2) is 0 Å². The average molecular weight is 455 g/mol. The number of fused-ring (bicyclic) bond motifs is 1. The lowest BCUT2D eigenvalue weighted by Crippen LogP contribution is -2.55. The number of halogens is 6. The molecule has 0 radical (unpaired) electrons. The fraction of sp³-hybridized carbons (Fsp3) is 0.227. The Labute approximate surface area is 177 Å². The molecule has 2 aromatic carbocycles. The molecular formula is C22H15F6NO3. The van der Waals surface area contributed by atoms with Gasteiger partial charge in [0.05, 0.1) is 11.1 Å². The van der Waals surface area contributed by atoms with Crippen LogP contribution in [0.1, 0.15) is 61.6 Å². The van der Waals surface area contributed by atoms with Gasteiger partial charge < -0.3 is 0 Å². The summed E-state index contributed by atoms with van der Waals surface area (Å²) in [6.45, 7) is 6.07. The van der Waals surface area contributed by atoms with E-state index in [1.165, 1.54) is 6.92 Å². The third kappa shape index (κ3) is 3.30. The van der Waals surface area contributed by atoms with E-state index in [-0.39, 0.29) is 22.3 Å². The van der Waals surface area contributed by atoms with Gasteiger partial charge in [-0.05, 0) is 48.7 Å². The molecule has 0 spiro atoms. The first kappa shape index (κ1) is 23.2. The number of imide groups is 1. The number of hydrogen-bond acceptors (Lipinski definition) is 3. The van der Waals surface area contributed by atoms with Gasteiger partial charge in [-0.2, -0.15) is 26.3 Å². The second-order valence-corrected chi connectivity index (χ2v) is 7.39. The number of carbonyl (C=O) groups excluding carboxylic acids is 3. The fourth-order valence-corrected chi connectivity index (χ4v) is 3.82. The molecule has 168 valence electrons. The van der Waals surface area contributed by atoms with Gasteiger partial charge in [0.15, 0.2) is 5.78 Å². The van der Waals surface area contributed by atoms with E-state index in [9.17, 15) is 40.7 Å². The third-order valence-electron chi connectivity index (χ3n) is 5.31. The van der Waals surface area contributed by atoms with Crippen LogP contribution in [0.5, 0.6) is 0 Å². The molecule has 1 aliphatic rings. The van der Waals surface area contributed by atoms with Crippen LogP contribution in [0.3, 0.4) is 0 Å². The van der Waals surface area contributed by atoms with Crippen molar-refractivity contribution >= 4 is 23.2 Å². The average Bonchev–Trinajstić information content (AvgIpc) is 2.93. The van der Waals surface area contributed by atoms with E-state index in [1.54, 1.807) is 0 Å². The number of rotatable bonds is 4. The lowest BCUT2D eigenvalue weighted by atomic mass is 9.71. The summed E-state index contributed by atoms with van der Waals surface area (Å²) in [7, 11) is 0. The van der Waals surface area contributed by atoms with Gasteiger partial charge in [0.1, 0.15) is 0 Å². The van der Waals surface area contributed by atoms with Crippen LogP contribution in [0.15, 0.2) is 43.0 Å². The first-order valence-corrected chi connectivity index (χ1v) is 9.08. The van der Waals surface area contributed by atoms with Crippen LogP contribution in [0.4, 0.5) is 26.3 Å². The molecule has 3 rings (SSSR count). The van der Waals surface area contributed by atoms with Crippen molar-refractivity contribution in [2.45, 2.75) is 31.6 Å². The van der Waals surface area contributed by atoms with E-state index in [4.69, 9.17) is 0 Å². The van der Waals surface area contributed by atoms with Gasteiger partial charge in [-0.3, -0.25) is 19.7 Å². The minimum absolute atomic E-state index is 0.110. The van der Waals surface area contributed by atoms with E-state index in [0.717, 1.165) is 19.1 Å². The molecule has 0 saturated heterocycles. The van der Waals surface area contributed by atoms with Gasteiger partial charge in [-0.1, -0.05) is 30.4 Å². The van der Waals surface area contributed by atoms with Crippen LogP contribution >= 0.6 is 0 Å². The van der Waals surface area contributed by atoms with Gasteiger partial charge in [0.2, 0.25) is 5.41 Å². The van der Waals surface area contributed by atoms with Crippen molar-refractivity contribution in [3.8, 4) is 0 Å². The number of alkyl halides is 6. The van der Waals surface area contributed by atoms with Crippen LogP contribution in [-0.4, -0.2) is 30.0 Å². The Bertz CT molecular complexity index is 1160. The molecule has 0 atom stereocenters. The van der Waals surface area contributed by atoms with Crippen molar-refractivity contribution in [3.63, 3.8) is 0 Å². The van der Waals surface area contributed by atoms with E-state index < -0.39 is 52.1 Å².